The van der Waals surface area contributed by atoms with E-state index in [0.717, 1.165) is 25.0 Å². The minimum absolute atomic E-state index is 0.0258. The Bertz CT molecular complexity index is 520. The first kappa shape index (κ1) is 15.2. The van der Waals surface area contributed by atoms with E-state index in [2.05, 4.69) is 11.4 Å². The molecular formula is C17H24N2O3. The summed E-state index contributed by atoms with van der Waals surface area (Å²) in [5, 5.41) is 4.50. The molecule has 1 saturated heterocycles. The molecule has 120 valence electrons. The Hall–Kier alpha value is -1.75. The van der Waals surface area contributed by atoms with Crippen molar-refractivity contribution in [2.45, 2.75) is 37.5 Å². The highest BCUT2D eigenvalue weighted by molar-refractivity contribution is 5.73. The summed E-state index contributed by atoms with van der Waals surface area (Å²) in [6.45, 7) is 1.94. The van der Waals surface area contributed by atoms with E-state index in [1.807, 2.05) is 18.2 Å². The number of ether oxygens (including phenoxy) is 1. The number of amides is 2. The lowest BCUT2D eigenvalue weighted by atomic mass is 9.78. The molecule has 0 radical (unpaired) electrons. The highest BCUT2D eigenvalue weighted by Crippen LogP contribution is 2.44. The van der Waals surface area contributed by atoms with E-state index in [9.17, 15) is 4.79 Å². The van der Waals surface area contributed by atoms with Crippen LogP contribution in [-0.2, 0) is 10.3 Å². The van der Waals surface area contributed by atoms with Gasteiger partial charge in [0.1, 0.15) is 5.75 Å². The van der Waals surface area contributed by atoms with Crippen LogP contribution in [0.25, 0.3) is 0 Å². The molecule has 0 aromatic heterocycles. The molecule has 0 unspecified atom stereocenters. The summed E-state index contributed by atoms with van der Waals surface area (Å²) in [6, 6.07) is 8.03. The molecule has 1 aliphatic heterocycles. The molecule has 1 saturated carbocycles. The number of hydrogen-bond acceptors (Lipinski definition) is 3. The zero-order valence-electron chi connectivity index (χ0n) is 13.1. The maximum atomic E-state index is 12.2. The molecule has 0 atom stereocenters. The molecular weight excluding hydrogens is 280 g/mol. The van der Waals surface area contributed by atoms with E-state index in [1.54, 1.807) is 7.11 Å². The predicted octanol–water partition coefficient (Wildman–Crippen LogP) is 2.85. The number of hydroxylamine groups is 2. The van der Waals surface area contributed by atoms with E-state index in [1.165, 1.54) is 23.5 Å². The molecule has 1 aromatic carbocycles. The molecule has 5 heteroatoms. The second-order valence-corrected chi connectivity index (χ2v) is 6.14. The Balaban J connectivity index is 1.75. The number of nitrogens with zero attached hydrogens (tertiary/aromatic N) is 1. The van der Waals surface area contributed by atoms with Crippen LogP contribution in [0, 0.1) is 0 Å². The average Bonchev–Trinajstić information content (AvgIpc) is 3.25. The van der Waals surface area contributed by atoms with Crippen molar-refractivity contribution in [3.8, 4) is 5.75 Å². The van der Waals surface area contributed by atoms with Crippen molar-refractivity contribution >= 4 is 6.03 Å². The summed E-state index contributed by atoms with van der Waals surface area (Å²) in [4.78, 5) is 17.5. The topological polar surface area (TPSA) is 50.8 Å². The van der Waals surface area contributed by atoms with Gasteiger partial charge in [-0.05, 0) is 25.3 Å². The fraction of sp³-hybridized carbons (Fsp3) is 0.588. The van der Waals surface area contributed by atoms with Crippen LogP contribution in [0.15, 0.2) is 24.3 Å². The van der Waals surface area contributed by atoms with Crippen LogP contribution in [0.3, 0.4) is 0 Å². The van der Waals surface area contributed by atoms with Crippen molar-refractivity contribution in [2.75, 3.05) is 26.8 Å². The first-order valence-electron chi connectivity index (χ1n) is 8.07. The van der Waals surface area contributed by atoms with Gasteiger partial charge in [0.15, 0.2) is 0 Å². The number of benzene rings is 1. The van der Waals surface area contributed by atoms with E-state index in [0.29, 0.717) is 19.7 Å². The van der Waals surface area contributed by atoms with Crippen LogP contribution in [0.4, 0.5) is 4.79 Å². The van der Waals surface area contributed by atoms with Crippen molar-refractivity contribution in [3.05, 3.63) is 29.8 Å². The molecule has 1 aromatic rings. The van der Waals surface area contributed by atoms with Crippen molar-refractivity contribution in [3.63, 3.8) is 0 Å². The van der Waals surface area contributed by atoms with Gasteiger partial charge in [0.05, 0.1) is 20.3 Å². The minimum Gasteiger partial charge on any atom is -0.496 e. The summed E-state index contributed by atoms with van der Waals surface area (Å²) in [7, 11) is 1.71. The number of hydrogen-bond donors (Lipinski definition) is 1. The molecule has 3 rings (SSSR count). The van der Waals surface area contributed by atoms with Gasteiger partial charge in [-0.3, -0.25) is 4.84 Å². The van der Waals surface area contributed by atoms with Gasteiger partial charge in [-0.15, -0.1) is 0 Å². The monoisotopic (exact) mass is 304 g/mol. The largest absolute Gasteiger partial charge is 0.496 e. The van der Waals surface area contributed by atoms with E-state index >= 15 is 0 Å². The van der Waals surface area contributed by atoms with Crippen LogP contribution in [0.2, 0.25) is 0 Å². The summed E-state index contributed by atoms with van der Waals surface area (Å²) >= 11 is 0. The minimum atomic E-state index is -0.126. The van der Waals surface area contributed by atoms with Crippen molar-refractivity contribution in [2.24, 2.45) is 0 Å². The molecule has 5 nitrogen and oxygen atoms in total. The molecule has 2 amide bonds. The summed E-state index contributed by atoms with van der Waals surface area (Å²) in [5.74, 6) is 0.913. The van der Waals surface area contributed by atoms with Gasteiger partial charge in [-0.1, -0.05) is 31.0 Å². The molecule has 2 aliphatic rings. The second-order valence-electron chi connectivity index (χ2n) is 6.14. The fourth-order valence-electron chi connectivity index (χ4n) is 3.62. The maximum Gasteiger partial charge on any atom is 0.341 e. The summed E-state index contributed by atoms with van der Waals surface area (Å²) < 4.78 is 5.54. The number of rotatable bonds is 4. The van der Waals surface area contributed by atoms with Gasteiger partial charge in [-0.2, -0.15) is 0 Å². The molecule has 2 fully saturated rings. The number of carbonyl (C=O) groups is 1. The van der Waals surface area contributed by atoms with Gasteiger partial charge in [0.2, 0.25) is 0 Å². The Morgan fingerprint density at radius 2 is 2.09 bits per heavy atom. The van der Waals surface area contributed by atoms with Crippen molar-refractivity contribution < 1.29 is 14.4 Å². The molecule has 1 heterocycles. The third-order valence-corrected chi connectivity index (χ3v) is 4.80. The molecule has 1 N–H and O–H groups in total. The van der Waals surface area contributed by atoms with Crippen LogP contribution in [0.5, 0.6) is 5.75 Å². The third kappa shape index (κ3) is 2.90. The second kappa shape index (κ2) is 6.57. The number of urea groups is 1. The van der Waals surface area contributed by atoms with Crippen molar-refractivity contribution in [1.29, 1.82) is 0 Å². The first-order chi connectivity index (χ1) is 10.7. The van der Waals surface area contributed by atoms with Crippen molar-refractivity contribution in [1.82, 2.24) is 10.4 Å². The number of para-hydroxylation sites is 1. The summed E-state index contributed by atoms with van der Waals surface area (Å²) in [6.07, 6.45) is 5.44. The van der Waals surface area contributed by atoms with E-state index in [-0.39, 0.29) is 11.4 Å². The lowest BCUT2D eigenvalue weighted by Gasteiger charge is -2.32. The van der Waals surface area contributed by atoms with Gasteiger partial charge < -0.3 is 10.1 Å². The lowest BCUT2D eigenvalue weighted by molar-refractivity contribution is -0.0665. The Labute approximate surface area is 131 Å². The van der Waals surface area contributed by atoms with Crippen LogP contribution >= 0.6 is 0 Å². The first-order valence-corrected chi connectivity index (χ1v) is 8.07. The molecule has 1 aliphatic carbocycles. The third-order valence-electron chi connectivity index (χ3n) is 4.80. The highest BCUT2D eigenvalue weighted by atomic mass is 16.7. The van der Waals surface area contributed by atoms with Gasteiger partial charge in [0.25, 0.3) is 0 Å². The van der Waals surface area contributed by atoms with Gasteiger partial charge in [-0.25, -0.2) is 9.86 Å². The average molecular weight is 304 g/mol. The summed E-state index contributed by atoms with van der Waals surface area (Å²) in [5.41, 5.74) is 1.18. The predicted molar refractivity (Wildman–Crippen MR) is 83.8 cm³/mol. The van der Waals surface area contributed by atoms with E-state index < -0.39 is 0 Å². The fourth-order valence-corrected chi connectivity index (χ4v) is 3.62. The van der Waals surface area contributed by atoms with E-state index in [4.69, 9.17) is 9.57 Å². The van der Waals surface area contributed by atoms with Crippen LogP contribution in [-0.4, -0.2) is 37.9 Å². The SMILES string of the molecule is COc1ccccc1C1(CNC(=O)N2CCCO2)CCCC1. The van der Waals surface area contributed by atoms with Gasteiger partial charge >= 0.3 is 6.03 Å². The number of methoxy groups -OCH3 is 1. The Morgan fingerprint density at radius 3 is 2.77 bits per heavy atom. The lowest BCUT2D eigenvalue weighted by Crippen LogP contribution is -2.44. The highest BCUT2D eigenvalue weighted by Gasteiger charge is 2.38. The zero-order chi connectivity index (χ0) is 15.4. The quantitative estimate of drug-likeness (QED) is 0.930. The maximum absolute atomic E-state index is 12.2. The standard InChI is InChI=1S/C17H24N2O3/c1-21-15-8-3-2-7-14(15)17(9-4-5-10-17)13-18-16(20)19-11-6-12-22-19/h2-3,7-8H,4-6,9-13H2,1H3,(H,18,20). The Kier molecular flexibility index (Phi) is 4.52. The van der Waals surface area contributed by atoms with Crippen LogP contribution in [0.1, 0.15) is 37.7 Å². The number of carbonyl (C=O) groups excluding carboxylic acids is 1. The zero-order valence-corrected chi connectivity index (χ0v) is 13.1. The van der Waals surface area contributed by atoms with Gasteiger partial charge in [0, 0.05) is 17.5 Å². The molecule has 0 bridgehead atoms. The Morgan fingerprint density at radius 1 is 1.32 bits per heavy atom. The smallest absolute Gasteiger partial charge is 0.341 e. The molecule has 22 heavy (non-hydrogen) atoms. The number of nitrogens with one attached hydrogen (secondary N) is 1. The van der Waals surface area contributed by atoms with Crippen LogP contribution < -0.4 is 10.1 Å². The normalized spacial score (nSPS) is 20.1. The molecule has 0 spiro atoms.